The SMILES string of the molecule is Cc1ccccc1N(CC(=O)NCCC(=O)N1CCN(c2ccccc2)CC1)S(C)(=O)=O. The van der Waals surface area contributed by atoms with Crippen LogP contribution in [0, 0.1) is 6.92 Å². The minimum atomic E-state index is -3.63. The standard InChI is InChI=1S/C23H30N4O4S/c1-19-8-6-7-11-21(19)27(32(2,30)31)18-22(28)24-13-12-23(29)26-16-14-25(15-17-26)20-9-4-3-5-10-20/h3-11H,12-18H2,1-2H3,(H,24,28). The second-order valence-corrected chi connectivity index (χ2v) is 9.77. The molecule has 0 unspecified atom stereocenters. The summed E-state index contributed by atoms with van der Waals surface area (Å²) in [5.74, 6) is -0.461. The maximum absolute atomic E-state index is 12.5. The first-order valence-electron chi connectivity index (χ1n) is 10.6. The molecule has 0 aliphatic carbocycles. The minimum Gasteiger partial charge on any atom is -0.368 e. The quantitative estimate of drug-likeness (QED) is 0.649. The molecule has 1 aliphatic heterocycles. The average Bonchev–Trinajstić information content (AvgIpc) is 2.78. The van der Waals surface area contributed by atoms with Gasteiger partial charge in [0.05, 0.1) is 11.9 Å². The molecule has 1 saturated heterocycles. The topological polar surface area (TPSA) is 90.0 Å². The Morgan fingerprint density at radius 2 is 1.59 bits per heavy atom. The van der Waals surface area contributed by atoms with Crippen molar-refractivity contribution in [3.05, 3.63) is 60.2 Å². The van der Waals surface area contributed by atoms with E-state index in [4.69, 9.17) is 0 Å². The third kappa shape index (κ3) is 6.23. The van der Waals surface area contributed by atoms with Crippen molar-refractivity contribution in [2.24, 2.45) is 0 Å². The molecule has 0 atom stereocenters. The molecule has 1 N–H and O–H groups in total. The predicted octanol–water partition coefficient (Wildman–Crippen LogP) is 1.62. The Kier molecular flexibility index (Phi) is 7.74. The Morgan fingerprint density at radius 1 is 0.969 bits per heavy atom. The van der Waals surface area contributed by atoms with Crippen LogP contribution in [0.5, 0.6) is 0 Å². The van der Waals surface area contributed by atoms with Gasteiger partial charge in [-0.15, -0.1) is 0 Å². The van der Waals surface area contributed by atoms with Gasteiger partial charge in [-0.05, 0) is 30.7 Å². The summed E-state index contributed by atoms with van der Waals surface area (Å²) < 4.78 is 25.5. The van der Waals surface area contributed by atoms with E-state index in [0.29, 0.717) is 18.8 Å². The molecule has 2 aromatic carbocycles. The molecule has 0 bridgehead atoms. The Bertz CT molecular complexity index is 1030. The highest BCUT2D eigenvalue weighted by atomic mass is 32.2. The van der Waals surface area contributed by atoms with Gasteiger partial charge in [0.15, 0.2) is 0 Å². The van der Waals surface area contributed by atoms with E-state index in [1.807, 2.05) is 29.2 Å². The number of piperazine rings is 1. The van der Waals surface area contributed by atoms with Crippen molar-refractivity contribution < 1.29 is 18.0 Å². The highest BCUT2D eigenvalue weighted by Crippen LogP contribution is 2.21. The van der Waals surface area contributed by atoms with E-state index in [2.05, 4.69) is 22.3 Å². The molecule has 0 aromatic heterocycles. The number of amides is 2. The maximum atomic E-state index is 12.5. The zero-order chi connectivity index (χ0) is 23.1. The summed E-state index contributed by atoms with van der Waals surface area (Å²) in [5, 5.41) is 2.68. The lowest BCUT2D eigenvalue weighted by Crippen LogP contribution is -2.49. The van der Waals surface area contributed by atoms with Gasteiger partial charge in [-0.3, -0.25) is 13.9 Å². The van der Waals surface area contributed by atoms with Crippen molar-refractivity contribution in [2.45, 2.75) is 13.3 Å². The summed E-state index contributed by atoms with van der Waals surface area (Å²) in [7, 11) is -3.63. The molecule has 1 heterocycles. The van der Waals surface area contributed by atoms with Crippen molar-refractivity contribution >= 4 is 33.2 Å². The molecular weight excluding hydrogens is 428 g/mol. The summed E-state index contributed by atoms with van der Waals surface area (Å²) in [6.07, 6.45) is 1.26. The van der Waals surface area contributed by atoms with Crippen LogP contribution in [0.25, 0.3) is 0 Å². The van der Waals surface area contributed by atoms with Gasteiger partial charge < -0.3 is 15.1 Å². The Balaban J connectivity index is 1.46. The molecule has 1 fully saturated rings. The number of nitrogens with zero attached hydrogens (tertiary/aromatic N) is 3. The van der Waals surface area contributed by atoms with Gasteiger partial charge in [-0.25, -0.2) is 8.42 Å². The summed E-state index contributed by atoms with van der Waals surface area (Å²) in [4.78, 5) is 29.0. The van der Waals surface area contributed by atoms with E-state index >= 15 is 0 Å². The van der Waals surface area contributed by atoms with E-state index in [1.54, 1.807) is 25.1 Å². The maximum Gasteiger partial charge on any atom is 0.240 e. The number of rotatable bonds is 8. The second-order valence-electron chi connectivity index (χ2n) is 7.86. The van der Waals surface area contributed by atoms with Crippen LogP contribution < -0.4 is 14.5 Å². The smallest absolute Gasteiger partial charge is 0.240 e. The first-order valence-corrected chi connectivity index (χ1v) is 12.5. The van der Waals surface area contributed by atoms with Gasteiger partial charge in [-0.2, -0.15) is 0 Å². The number of carbonyl (C=O) groups is 2. The fourth-order valence-corrected chi connectivity index (χ4v) is 4.64. The first kappa shape index (κ1) is 23.6. The molecule has 1 aliphatic rings. The van der Waals surface area contributed by atoms with Crippen LogP contribution in [0.4, 0.5) is 11.4 Å². The van der Waals surface area contributed by atoms with E-state index in [0.717, 1.165) is 34.9 Å². The first-order chi connectivity index (χ1) is 15.3. The van der Waals surface area contributed by atoms with Crippen LogP contribution >= 0.6 is 0 Å². The van der Waals surface area contributed by atoms with E-state index in [9.17, 15) is 18.0 Å². The summed E-state index contributed by atoms with van der Waals surface area (Å²) in [5.41, 5.74) is 2.38. The molecule has 0 saturated carbocycles. The number of benzene rings is 2. The van der Waals surface area contributed by atoms with Crippen molar-refractivity contribution in [2.75, 3.05) is 54.7 Å². The molecule has 3 rings (SSSR count). The Morgan fingerprint density at radius 3 is 2.22 bits per heavy atom. The molecule has 32 heavy (non-hydrogen) atoms. The number of anilines is 2. The van der Waals surface area contributed by atoms with Crippen molar-refractivity contribution in [1.82, 2.24) is 10.2 Å². The van der Waals surface area contributed by atoms with Gasteiger partial charge in [0.1, 0.15) is 6.54 Å². The lowest BCUT2D eigenvalue weighted by molar-refractivity contribution is -0.131. The van der Waals surface area contributed by atoms with Crippen molar-refractivity contribution in [3.63, 3.8) is 0 Å². The van der Waals surface area contributed by atoms with Gasteiger partial charge >= 0.3 is 0 Å². The van der Waals surface area contributed by atoms with Crippen LogP contribution in [0.1, 0.15) is 12.0 Å². The number of para-hydroxylation sites is 2. The number of nitrogens with one attached hydrogen (secondary N) is 1. The molecule has 2 amide bonds. The monoisotopic (exact) mass is 458 g/mol. The highest BCUT2D eigenvalue weighted by molar-refractivity contribution is 7.92. The number of hydrogen-bond acceptors (Lipinski definition) is 5. The number of carbonyl (C=O) groups excluding carboxylic acids is 2. The van der Waals surface area contributed by atoms with Crippen LogP contribution in [0.15, 0.2) is 54.6 Å². The zero-order valence-electron chi connectivity index (χ0n) is 18.5. The normalized spacial score (nSPS) is 14.2. The van der Waals surface area contributed by atoms with Crippen LogP contribution in [0.3, 0.4) is 0 Å². The molecule has 8 nitrogen and oxygen atoms in total. The largest absolute Gasteiger partial charge is 0.368 e. The van der Waals surface area contributed by atoms with Crippen LogP contribution in [-0.4, -0.2) is 70.7 Å². The van der Waals surface area contributed by atoms with Crippen LogP contribution in [0.2, 0.25) is 0 Å². The highest BCUT2D eigenvalue weighted by Gasteiger charge is 2.23. The van der Waals surface area contributed by atoms with Crippen LogP contribution in [-0.2, 0) is 19.6 Å². The van der Waals surface area contributed by atoms with E-state index in [1.165, 1.54) is 0 Å². The molecule has 172 valence electrons. The average molecular weight is 459 g/mol. The third-order valence-electron chi connectivity index (χ3n) is 5.49. The van der Waals surface area contributed by atoms with Gasteiger partial charge in [0, 0.05) is 44.8 Å². The molecule has 2 aromatic rings. The number of hydrogen-bond donors (Lipinski definition) is 1. The fraction of sp³-hybridized carbons (Fsp3) is 0.391. The van der Waals surface area contributed by atoms with E-state index < -0.39 is 15.9 Å². The lowest BCUT2D eigenvalue weighted by Gasteiger charge is -2.36. The molecule has 9 heteroatoms. The minimum absolute atomic E-state index is 0.0168. The number of aryl methyl sites for hydroxylation is 1. The van der Waals surface area contributed by atoms with Crippen molar-refractivity contribution in [1.29, 1.82) is 0 Å². The summed E-state index contributed by atoms with van der Waals surface area (Å²) >= 11 is 0. The van der Waals surface area contributed by atoms with Gasteiger partial charge in [0.25, 0.3) is 0 Å². The Hall–Kier alpha value is -3.07. The predicted molar refractivity (Wildman–Crippen MR) is 126 cm³/mol. The van der Waals surface area contributed by atoms with E-state index in [-0.39, 0.29) is 25.4 Å². The zero-order valence-corrected chi connectivity index (χ0v) is 19.3. The summed E-state index contributed by atoms with van der Waals surface area (Å²) in [6.45, 7) is 4.44. The number of sulfonamides is 1. The van der Waals surface area contributed by atoms with Gasteiger partial charge in [0.2, 0.25) is 21.8 Å². The second kappa shape index (κ2) is 10.5. The molecular formula is C23H30N4O4S. The summed E-state index contributed by atoms with van der Waals surface area (Å²) in [6, 6.07) is 17.1. The van der Waals surface area contributed by atoms with Crippen molar-refractivity contribution in [3.8, 4) is 0 Å². The lowest BCUT2D eigenvalue weighted by atomic mass is 10.2. The molecule has 0 radical (unpaired) electrons. The fourth-order valence-electron chi connectivity index (χ4n) is 3.73. The van der Waals surface area contributed by atoms with Gasteiger partial charge in [-0.1, -0.05) is 36.4 Å². The third-order valence-corrected chi connectivity index (χ3v) is 6.61. The molecule has 0 spiro atoms. The Labute approximate surface area is 189 Å².